The van der Waals surface area contributed by atoms with Gasteiger partial charge in [-0.15, -0.1) is 0 Å². The van der Waals surface area contributed by atoms with Gasteiger partial charge in [0.05, 0.1) is 12.0 Å². The number of carbonyl (C=O) groups excluding carboxylic acids is 2. The van der Waals surface area contributed by atoms with Gasteiger partial charge in [-0.25, -0.2) is 4.79 Å². The van der Waals surface area contributed by atoms with Gasteiger partial charge in [0, 0.05) is 5.39 Å². The van der Waals surface area contributed by atoms with Crippen molar-refractivity contribution in [2.45, 2.75) is 40.7 Å². The zero-order chi connectivity index (χ0) is 16.4. The fraction of sp³-hybridized carbons (Fsp3) is 0.412. The van der Waals surface area contributed by atoms with Crippen molar-refractivity contribution in [3.63, 3.8) is 0 Å². The van der Waals surface area contributed by atoms with Crippen LogP contribution in [0.1, 0.15) is 43.8 Å². The lowest BCUT2D eigenvalue weighted by Crippen LogP contribution is -2.14. The predicted octanol–water partition coefficient (Wildman–Crippen LogP) is 3.87. The normalized spacial score (nSPS) is 11.2. The van der Waals surface area contributed by atoms with Crippen molar-refractivity contribution in [2.75, 3.05) is 0 Å². The summed E-state index contributed by atoms with van der Waals surface area (Å²) in [5, 5.41) is 0.581. The van der Waals surface area contributed by atoms with Gasteiger partial charge in [-0.3, -0.25) is 4.79 Å². The molecule has 2 rings (SSSR count). The first-order chi connectivity index (χ1) is 10.3. The number of furan rings is 1. The highest BCUT2D eigenvalue weighted by atomic mass is 16.5. The Bertz CT molecular complexity index is 709. The second kappa shape index (κ2) is 6.22. The minimum Gasteiger partial charge on any atom is -0.460 e. The van der Waals surface area contributed by atoms with Crippen LogP contribution in [0.25, 0.3) is 11.0 Å². The summed E-state index contributed by atoms with van der Waals surface area (Å²) >= 11 is 0. The molecule has 0 fully saturated rings. The molecule has 118 valence electrons. The topological polar surface area (TPSA) is 65.7 Å². The Hall–Kier alpha value is -2.30. The average Bonchev–Trinajstić information content (AvgIpc) is 2.73. The SMILES string of the molecule is Cc1oc2ccc(OC(=O)C(C)C)cc2c1C(=O)OC(C)C. The highest BCUT2D eigenvalue weighted by Gasteiger charge is 2.21. The molecule has 0 aliphatic carbocycles. The van der Waals surface area contributed by atoms with E-state index in [-0.39, 0.29) is 18.0 Å². The summed E-state index contributed by atoms with van der Waals surface area (Å²) < 4.78 is 16.1. The number of carbonyl (C=O) groups is 2. The molecule has 0 aliphatic rings. The van der Waals surface area contributed by atoms with Crippen LogP contribution in [-0.2, 0) is 9.53 Å². The van der Waals surface area contributed by atoms with Crippen molar-refractivity contribution in [3.8, 4) is 5.75 Å². The van der Waals surface area contributed by atoms with Crippen molar-refractivity contribution in [3.05, 3.63) is 29.5 Å². The van der Waals surface area contributed by atoms with Crippen LogP contribution in [0.2, 0.25) is 0 Å². The van der Waals surface area contributed by atoms with Crippen molar-refractivity contribution in [1.82, 2.24) is 0 Å². The maximum Gasteiger partial charge on any atom is 0.342 e. The Morgan fingerprint density at radius 3 is 2.41 bits per heavy atom. The van der Waals surface area contributed by atoms with Gasteiger partial charge in [0.2, 0.25) is 0 Å². The van der Waals surface area contributed by atoms with E-state index in [1.165, 1.54) is 0 Å². The van der Waals surface area contributed by atoms with Gasteiger partial charge in [-0.1, -0.05) is 13.8 Å². The molecule has 1 aromatic carbocycles. The Morgan fingerprint density at radius 1 is 1.14 bits per heavy atom. The van der Waals surface area contributed by atoms with E-state index in [0.717, 1.165) is 0 Å². The van der Waals surface area contributed by atoms with Crippen LogP contribution in [0, 0.1) is 12.8 Å². The maximum atomic E-state index is 12.2. The highest BCUT2D eigenvalue weighted by molar-refractivity contribution is 6.05. The summed E-state index contributed by atoms with van der Waals surface area (Å²) in [4.78, 5) is 23.9. The molecule has 5 nitrogen and oxygen atoms in total. The van der Waals surface area contributed by atoms with E-state index in [1.807, 2.05) is 0 Å². The van der Waals surface area contributed by atoms with E-state index >= 15 is 0 Å². The Labute approximate surface area is 129 Å². The number of benzene rings is 1. The molecule has 0 unspecified atom stereocenters. The molecular weight excluding hydrogens is 284 g/mol. The zero-order valence-corrected chi connectivity index (χ0v) is 13.4. The molecule has 0 saturated heterocycles. The number of aryl methyl sites for hydroxylation is 1. The standard InChI is InChI=1S/C17H20O5/c1-9(2)16(18)22-12-6-7-14-13(8-12)15(11(5)21-14)17(19)20-10(3)4/h6-10H,1-5H3. The van der Waals surface area contributed by atoms with Crippen LogP contribution >= 0.6 is 0 Å². The van der Waals surface area contributed by atoms with Gasteiger partial charge < -0.3 is 13.9 Å². The highest BCUT2D eigenvalue weighted by Crippen LogP contribution is 2.30. The van der Waals surface area contributed by atoms with Gasteiger partial charge in [-0.2, -0.15) is 0 Å². The summed E-state index contributed by atoms with van der Waals surface area (Å²) in [5.74, 6) is -0.143. The number of fused-ring (bicyclic) bond motifs is 1. The summed E-state index contributed by atoms with van der Waals surface area (Å²) in [6, 6.07) is 4.95. The van der Waals surface area contributed by atoms with Crippen LogP contribution < -0.4 is 4.74 Å². The number of hydrogen-bond donors (Lipinski definition) is 0. The lowest BCUT2D eigenvalue weighted by Gasteiger charge is -2.08. The minimum atomic E-state index is -0.446. The molecular formula is C17H20O5. The first-order valence-corrected chi connectivity index (χ1v) is 7.25. The van der Waals surface area contributed by atoms with Crippen molar-refractivity contribution in [1.29, 1.82) is 0 Å². The van der Waals surface area contributed by atoms with Gasteiger partial charge in [0.1, 0.15) is 22.7 Å². The number of hydrogen-bond acceptors (Lipinski definition) is 5. The Morgan fingerprint density at radius 2 is 1.82 bits per heavy atom. The molecule has 5 heteroatoms. The average molecular weight is 304 g/mol. The first kappa shape index (κ1) is 16.1. The number of esters is 2. The van der Waals surface area contributed by atoms with E-state index in [9.17, 15) is 9.59 Å². The second-order valence-corrected chi connectivity index (χ2v) is 5.72. The van der Waals surface area contributed by atoms with E-state index in [0.29, 0.717) is 28.0 Å². The summed E-state index contributed by atoms with van der Waals surface area (Å²) in [6.07, 6.45) is -0.223. The van der Waals surface area contributed by atoms with Gasteiger partial charge in [0.15, 0.2) is 0 Å². The fourth-order valence-corrected chi connectivity index (χ4v) is 2.02. The number of ether oxygens (including phenoxy) is 2. The van der Waals surface area contributed by atoms with Gasteiger partial charge in [0.25, 0.3) is 0 Å². The van der Waals surface area contributed by atoms with E-state index < -0.39 is 5.97 Å². The summed E-state index contributed by atoms with van der Waals surface area (Å²) in [5.41, 5.74) is 0.920. The van der Waals surface area contributed by atoms with Gasteiger partial charge >= 0.3 is 11.9 Å². The minimum absolute atomic E-state index is 0.223. The summed E-state index contributed by atoms with van der Waals surface area (Å²) in [7, 11) is 0. The molecule has 22 heavy (non-hydrogen) atoms. The lowest BCUT2D eigenvalue weighted by atomic mass is 10.1. The van der Waals surface area contributed by atoms with E-state index in [1.54, 1.807) is 52.8 Å². The maximum absolute atomic E-state index is 12.2. The zero-order valence-electron chi connectivity index (χ0n) is 13.4. The predicted molar refractivity (Wildman–Crippen MR) is 82.0 cm³/mol. The molecule has 0 aliphatic heterocycles. The van der Waals surface area contributed by atoms with Crippen molar-refractivity contribution < 1.29 is 23.5 Å². The van der Waals surface area contributed by atoms with Crippen LogP contribution in [-0.4, -0.2) is 18.0 Å². The molecule has 0 bridgehead atoms. The van der Waals surface area contributed by atoms with Crippen molar-refractivity contribution >= 4 is 22.9 Å². The Balaban J connectivity index is 2.42. The van der Waals surface area contributed by atoms with Gasteiger partial charge in [-0.05, 0) is 39.0 Å². The molecule has 0 atom stereocenters. The molecule has 2 aromatic rings. The molecule has 0 N–H and O–H groups in total. The molecule has 0 amide bonds. The van der Waals surface area contributed by atoms with E-state index in [2.05, 4.69) is 0 Å². The van der Waals surface area contributed by atoms with Crippen LogP contribution in [0.15, 0.2) is 22.6 Å². The smallest absolute Gasteiger partial charge is 0.342 e. The monoisotopic (exact) mass is 304 g/mol. The largest absolute Gasteiger partial charge is 0.460 e. The van der Waals surface area contributed by atoms with Crippen LogP contribution in [0.4, 0.5) is 0 Å². The van der Waals surface area contributed by atoms with Crippen LogP contribution in [0.3, 0.4) is 0 Å². The molecule has 1 heterocycles. The number of rotatable bonds is 4. The third-order valence-corrected chi connectivity index (χ3v) is 3.07. The second-order valence-electron chi connectivity index (χ2n) is 5.72. The third-order valence-electron chi connectivity index (χ3n) is 3.07. The Kier molecular flexibility index (Phi) is 4.54. The van der Waals surface area contributed by atoms with Crippen molar-refractivity contribution in [2.24, 2.45) is 5.92 Å². The quantitative estimate of drug-likeness (QED) is 0.633. The fourth-order valence-electron chi connectivity index (χ4n) is 2.02. The third kappa shape index (κ3) is 3.30. The molecule has 0 radical (unpaired) electrons. The van der Waals surface area contributed by atoms with E-state index in [4.69, 9.17) is 13.9 Å². The first-order valence-electron chi connectivity index (χ1n) is 7.25. The molecule has 1 aromatic heterocycles. The van der Waals surface area contributed by atoms with Crippen LogP contribution in [0.5, 0.6) is 5.75 Å². The lowest BCUT2D eigenvalue weighted by molar-refractivity contribution is -0.137. The molecule has 0 saturated carbocycles. The molecule has 0 spiro atoms. The summed E-state index contributed by atoms with van der Waals surface area (Å²) in [6.45, 7) is 8.79.